The number of aryl methyl sites for hydroxylation is 1. The normalized spacial score (nSPS) is 14.1. The number of rotatable bonds is 18. The van der Waals surface area contributed by atoms with E-state index in [4.69, 9.17) is 35.4 Å². The first-order chi connectivity index (χ1) is 29.4. The number of piperazine rings is 1. The van der Waals surface area contributed by atoms with Crippen LogP contribution in [0, 0.1) is 0 Å². The summed E-state index contributed by atoms with van der Waals surface area (Å²) in [6, 6.07) is 5.59. The molecule has 2 aliphatic rings. The Morgan fingerprint density at radius 1 is 0.850 bits per heavy atom. The Balaban J connectivity index is 0.659. The molecular weight excluding hydrogens is 773 g/mol. The van der Waals surface area contributed by atoms with Gasteiger partial charge in [-0.3, -0.25) is 9.59 Å². The van der Waals surface area contributed by atoms with Gasteiger partial charge in [0.1, 0.15) is 23.4 Å². The lowest BCUT2D eigenvalue weighted by Gasteiger charge is -2.35. The maximum Gasteiger partial charge on any atom is 0.292 e. The number of unbranched alkanes of at least 4 members (excludes halogenated alkanes) is 1. The van der Waals surface area contributed by atoms with Gasteiger partial charge in [0.15, 0.2) is 11.2 Å². The maximum absolute atomic E-state index is 12.6. The van der Waals surface area contributed by atoms with Gasteiger partial charge in [-0.2, -0.15) is 10.1 Å². The van der Waals surface area contributed by atoms with E-state index in [9.17, 15) is 9.59 Å². The van der Waals surface area contributed by atoms with Gasteiger partial charge in [-0.15, -0.1) is 0 Å². The molecule has 21 heteroatoms. The van der Waals surface area contributed by atoms with Gasteiger partial charge in [0, 0.05) is 101 Å². The van der Waals surface area contributed by atoms with Crippen molar-refractivity contribution in [3.05, 3.63) is 59.9 Å². The molecule has 7 N–H and O–H groups in total. The van der Waals surface area contributed by atoms with E-state index in [1.165, 1.54) is 11.9 Å². The first kappa shape index (κ1) is 40.2. The Morgan fingerprint density at radius 2 is 1.63 bits per heavy atom. The second-order valence-corrected chi connectivity index (χ2v) is 14.4. The third-order valence-corrected chi connectivity index (χ3v) is 10.3. The number of nitrogens with two attached hydrogens (primary N) is 2. The zero-order chi connectivity index (χ0) is 41.3. The van der Waals surface area contributed by atoms with E-state index in [0.29, 0.717) is 84.6 Å². The van der Waals surface area contributed by atoms with E-state index in [0.717, 1.165) is 75.7 Å². The first-order valence-electron chi connectivity index (χ1n) is 20.1. The molecule has 0 aliphatic carbocycles. The highest BCUT2D eigenvalue weighted by molar-refractivity contribution is 5.99. The SMILES string of the molecule is Nc1nc2cc(-c3nn(CCCCNC(=O)CCOCCOCCNC(=O)c4cnc(N5CCN(c6ncc7c(n6)CCNC7)CC5)nc4)c4ncnc(N)c34)ccc2o1. The summed E-state index contributed by atoms with van der Waals surface area (Å²) in [5, 5.41) is 14.6. The number of hydrogen-bond acceptors (Lipinski definition) is 18. The lowest BCUT2D eigenvalue weighted by Crippen LogP contribution is -2.48. The van der Waals surface area contributed by atoms with Gasteiger partial charge >= 0.3 is 0 Å². The molecule has 6 aromatic rings. The van der Waals surface area contributed by atoms with Gasteiger partial charge in [0.25, 0.3) is 11.9 Å². The summed E-state index contributed by atoms with van der Waals surface area (Å²) in [7, 11) is 0. The Kier molecular flexibility index (Phi) is 12.7. The number of hydrogen-bond donors (Lipinski definition) is 5. The molecule has 0 atom stereocenters. The van der Waals surface area contributed by atoms with E-state index in [1.807, 2.05) is 18.3 Å². The van der Waals surface area contributed by atoms with Crippen LogP contribution in [0.4, 0.5) is 23.7 Å². The fourth-order valence-corrected chi connectivity index (χ4v) is 7.10. The number of aromatic nitrogens is 9. The summed E-state index contributed by atoms with van der Waals surface area (Å²) in [5.74, 6) is 1.32. The van der Waals surface area contributed by atoms with Crippen molar-refractivity contribution < 1.29 is 23.5 Å². The third-order valence-electron chi connectivity index (χ3n) is 10.3. The molecule has 0 spiro atoms. The maximum atomic E-state index is 12.6. The van der Waals surface area contributed by atoms with Crippen LogP contribution in [-0.2, 0) is 33.8 Å². The van der Waals surface area contributed by atoms with Crippen LogP contribution in [0.2, 0.25) is 0 Å². The number of oxazole rings is 1. The minimum Gasteiger partial charge on any atom is -0.424 e. The van der Waals surface area contributed by atoms with Crippen molar-refractivity contribution in [3.63, 3.8) is 0 Å². The zero-order valence-electron chi connectivity index (χ0n) is 33.2. The Morgan fingerprint density at radius 3 is 2.47 bits per heavy atom. The van der Waals surface area contributed by atoms with Gasteiger partial charge < -0.3 is 51.1 Å². The minimum absolute atomic E-state index is 0.0914. The monoisotopic (exact) mass is 820 g/mol. The van der Waals surface area contributed by atoms with Gasteiger partial charge in [-0.1, -0.05) is 0 Å². The predicted molar refractivity (Wildman–Crippen MR) is 222 cm³/mol. The molecule has 0 unspecified atom stereocenters. The summed E-state index contributed by atoms with van der Waals surface area (Å²) in [6.45, 7) is 7.39. The molecule has 7 heterocycles. The molecule has 0 bridgehead atoms. The number of nitrogens with one attached hydrogen (secondary N) is 3. The van der Waals surface area contributed by atoms with Crippen LogP contribution in [0.1, 0.15) is 40.9 Å². The van der Waals surface area contributed by atoms with Crippen molar-refractivity contribution in [3.8, 4) is 11.3 Å². The molecule has 1 saturated heterocycles. The highest BCUT2D eigenvalue weighted by Gasteiger charge is 2.23. The molecule has 0 radical (unpaired) electrons. The van der Waals surface area contributed by atoms with Crippen molar-refractivity contribution in [2.45, 2.75) is 38.8 Å². The Bertz CT molecular complexity index is 2410. The Labute approximate surface area is 344 Å². The number of nitrogens with zero attached hydrogens (tertiary/aromatic N) is 11. The summed E-state index contributed by atoms with van der Waals surface area (Å²) in [6.07, 6.45) is 9.07. The van der Waals surface area contributed by atoms with E-state index < -0.39 is 0 Å². The number of anilines is 4. The highest BCUT2D eigenvalue weighted by Crippen LogP contribution is 2.32. The van der Waals surface area contributed by atoms with E-state index in [-0.39, 0.29) is 30.9 Å². The second kappa shape index (κ2) is 19.0. The number of fused-ring (bicyclic) bond motifs is 3. The standard InChI is InChI=1S/C39H48N16O5/c40-34-32-33(25-3-4-30-29(19-25)50-37(41)60-30)52-55(35(32)49-24-48-34)10-2-1-7-43-31(56)6-15-58-17-18-59-16-9-44-36(57)27-22-45-38(46-23-27)53-11-13-54(14-12-53)39-47-21-26-20-42-8-5-28(26)51-39/h3-4,19,21-24,42H,1-2,5-18,20H2,(H2,41,50)(H,43,56)(H,44,57)(H2,40,48,49). The van der Waals surface area contributed by atoms with Crippen molar-refractivity contribution in [1.29, 1.82) is 0 Å². The Hall–Kier alpha value is -6.58. The van der Waals surface area contributed by atoms with Gasteiger partial charge in [-0.25, -0.2) is 34.6 Å². The molecule has 0 saturated carbocycles. The van der Waals surface area contributed by atoms with Crippen LogP contribution in [0.5, 0.6) is 0 Å². The summed E-state index contributed by atoms with van der Waals surface area (Å²) >= 11 is 0. The fourth-order valence-electron chi connectivity index (χ4n) is 7.10. The number of carbonyl (C=O) groups is 2. The van der Waals surface area contributed by atoms with Crippen molar-refractivity contribution in [1.82, 2.24) is 60.6 Å². The topological polar surface area (TPSA) is 268 Å². The number of ether oxygens (including phenoxy) is 2. The summed E-state index contributed by atoms with van der Waals surface area (Å²) < 4.78 is 18.3. The van der Waals surface area contributed by atoms with Crippen LogP contribution in [-0.4, -0.2) is 129 Å². The summed E-state index contributed by atoms with van der Waals surface area (Å²) in [4.78, 5) is 60.4. The van der Waals surface area contributed by atoms with Crippen molar-refractivity contribution in [2.75, 3.05) is 93.5 Å². The van der Waals surface area contributed by atoms with Crippen LogP contribution >= 0.6 is 0 Å². The number of benzene rings is 1. The number of carbonyl (C=O) groups excluding carboxylic acids is 2. The van der Waals surface area contributed by atoms with E-state index in [2.05, 4.69) is 55.7 Å². The predicted octanol–water partition coefficient (Wildman–Crippen LogP) is 1.10. The molecule has 314 valence electrons. The molecule has 8 rings (SSSR count). The lowest BCUT2D eigenvalue weighted by molar-refractivity contribution is -0.122. The second-order valence-electron chi connectivity index (χ2n) is 14.4. The van der Waals surface area contributed by atoms with E-state index >= 15 is 0 Å². The molecule has 1 fully saturated rings. The molecule has 60 heavy (non-hydrogen) atoms. The molecule has 2 aliphatic heterocycles. The molecule has 1 aromatic carbocycles. The number of nitrogen functional groups attached to an aromatic ring is 2. The fraction of sp³-hybridized carbons (Fsp3) is 0.436. The summed E-state index contributed by atoms with van der Waals surface area (Å²) in [5.41, 5.74) is 17.9. The van der Waals surface area contributed by atoms with E-state index in [1.54, 1.807) is 23.1 Å². The van der Waals surface area contributed by atoms with Crippen molar-refractivity contribution in [2.24, 2.45) is 0 Å². The van der Waals surface area contributed by atoms with Crippen LogP contribution in [0.25, 0.3) is 33.4 Å². The van der Waals surface area contributed by atoms with Crippen LogP contribution in [0.15, 0.2) is 47.5 Å². The average Bonchev–Trinajstić information content (AvgIpc) is 3.85. The average molecular weight is 821 g/mol. The molecular formula is C39H48N16O5. The smallest absolute Gasteiger partial charge is 0.292 e. The molecule has 21 nitrogen and oxygen atoms in total. The van der Waals surface area contributed by atoms with Crippen LogP contribution in [0.3, 0.4) is 0 Å². The van der Waals surface area contributed by atoms with Gasteiger partial charge in [0.05, 0.1) is 43.1 Å². The lowest BCUT2D eigenvalue weighted by atomic mass is 10.1. The highest BCUT2D eigenvalue weighted by atomic mass is 16.5. The van der Waals surface area contributed by atoms with Crippen molar-refractivity contribution >= 4 is 57.7 Å². The molecule has 5 aromatic heterocycles. The molecule has 2 amide bonds. The zero-order valence-corrected chi connectivity index (χ0v) is 33.2. The first-order valence-corrected chi connectivity index (χ1v) is 20.1. The largest absolute Gasteiger partial charge is 0.424 e. The quantitative estimate of drug-likeness (QED) is 0.0760. The van der Waals surface area contributed by atoms with Gasteiger partial charge in [-0.05, 0) is 31.0 Å². The minimum atomic E-state index is -0.273. The number of amides is 2. The van der Waals surface area contributed by atoms with Crippen LogP contribution < -0.4 is 37.2 Å². The third kappa shape index (κ3) is 9.64. The van der Waals surface area contributed by atoms with Gasteiger partial charge in [0.2, 0.25) is 17.8 Å².